The Morgan fingerprint density at radius 3 is 2.12 bits per heavy atom. The summed E-state index contributed by atoms with van der Waals surface area (Å²) in [6.45, 7) is -1.06. The number of rotatable bonds is 8. The van der Waals surface area contributed by atoms with E-state index in [0.29, 0.717) is 0 Å². The second-order valence-electron chi connectivity index (χ2n) is 5.48. The van der Waals surface area contributed by atoms with E-state index in [1.54, 1.807) is 0 Å². The molecule has 1 fully saturated rings. The van der Waals surface area contributed by atoms with Gasteiger partial charge in [0.1, 0.15) is 18.0 Å². The third-order valence-electron chi connectivity index (χ3n) is 3.34. The molecule has 1 saturated heterocycles. The van der Waals surface area contributed by atoms with Gasteiger partial charge in [0, 0.05) is 6.20 Å². The molecule has 6 atom stereocenters. The SMILES string of the molecule is Nc1ccn(C2OC(COP(=O)([O-])OP(=O)([O-])OP(=O)([O-])[O-])C(O)C2N)c(=O)n1.[Li+].[Li+].[Li+].[Li+]. The Labute approximate surface area is 234 Å². The van der Waals surface area contributed by atoms with E-state index in [9.17, 15) is 43.2 Å². The smallest absolute Gasteiger partial charge is 0.790 e. The first-order valence-corrected chi connectivity index (χ1v) is 11.6. The van der Waals surface area contributed by atoms with Gasteiger partial charge in [-0.1, -0.05) is 0 Å². The Bertz CT molecular complexity index is 965. The molecule has 0 bridgehead atoms. The Kier molecular flexibility index (Phi) is 17.6. The molecule has 0 spiro atoms. The molecule has 24 heteroatoms. The predicted molar refractivity (Wildman–Crippen MR) is 81.7 cm³/mol. The van der Waals surface area contributed by atoms with Crippen molar-refractivity contribution in [3.63, 3.8) is 0 Å². The van der Waals surface area contributed by atoms with Crippen LogP contribution in [0.3, 0.4) is 0 Å². The van der Waals surface area contributed by atoms with Crippen LogP contribution in [0.4, 0.5) is 5.82 Å². The fourth-order valence-electron chi connectivity index (χ4n) is 2.22. The maximum absolute atomic E-state index is 11.8. The summed E-state index contributed by atoms with van der Waals surface area (Å²) in [7, 11) is -18.0. The van der Waals surface area contributed by atoms with Gasteiger partial charge in [0.25, 0.3) is 15.6 Å². The molecule has 6 unspecified atom stereocenters. The first-order valence-electron chi connectivity index (χ1n) is 7.25. The van der Waals surface area contributed by atoms with Gasteiger partial charge in [0.05, 0.1) is 20.5 Å². The van der Waals surface area contributed by atoms with Crippen molar-refractivity contribution in [2.75, 3.05) is 12.3 Å². The van der Waals surface area contributed by atoms with Crippen LogP contribution in [-0.4, -0.2) is 39.5 Å². The number of nitrogens with zero attached hydrogens (tertiary/aromatic N) is 2. The molecule has 33 heavy (non-hydrogen) atoms. The molecule has 2 rings (SSSR count). The van der Waals surface area contributed by atoms with Crippen LogP contribution in [0.1, 0.15) is 6.23 Å². The molecule has 17 nitrogen and oxygen atoms in total. The number of phosphoric acid groups is 3. The van der Waals surface area contributed by atoms with Gasteiger partial charge in [-0.2, -0.15) is 4.98 Å². The van der Waals surface area contributed by atoms with E-state index in [-0.39, 0.29) is 81.3 Å². The van der Waals surface area contributed by atoms with Crippen LogP contribution in [0.15, 0.2) is 17.1 Å². The first kappa shape index (κ1) is 38.9. The number of phosphoric ester groups is 1. The fraction of sp³-hybridized carbons (Fsp3) is 0.556. The number of hydrogen-bond acceptors (Lipinski definition) is 16. The van der Waals surface area contributed by atoms with E-state index in [2.05, 4.69) is 18.1 Å². The molecule has 166 valence electrons. The van der Waals surface area contributed by atoms with Gasteiger partial charge in [0.15, 0.2) is 6.23 Å². The minimum absolute atomic E-state index is 0. The van der Waals surface area contributed by atoms with Crippen molar-refractivity contribution in [3.8, 4) is 0 Å². The number of nitrogens with two attached hydrogens (primary N) is 2. The number of anilines is 1. The van der Waals surface area contributed by atoms with Gasteiger partial charge < -0.3 is 50.0 Å². The molecule has 0 amide bonds. The van der Waals surface area contributed by atoms with Crippen LogP contribution in [0.25, 0.3) is 0 Å². The van der Waals surface area contributed by atoms with Crippen LogP contribution in [0, 0.1) is 0 Å². The van der Waals surface area contributed by atoms with Crippen LogP contribution in [-0.2, 0) is 31.6 Å². The van der Waals surface area contributed by atoms with Gasteiger partial charge in [-0.25, -0.2) is 9.11 Å². The number of hydrogen-bond donors (Lipinski definition) is 3. The van der Waals surface area contributed by atoms with Crippen LogP contribution in [0.2, 0.25) is 0 Å². The Hall–Kier alpha value is 1.36. The Morgan fingerprint density at radius 2 is 1.64 bits per heavy atom. The summed E-state index contributed by atoms with van der Waals surface area (Å²) < 4.78 is 49.5. The molecule has 0 radical (unpaired) electrons. The molecule has 5 N–H and O–H groups in total. The molecule has 0 aliphatic carbocycles. The quantitative estimate of drug-likeness (QED) is 0.218. The van der Waals surface area contributed by atoms with Crippen molar-refractivity contribution in [1.82, 2.24) is 9.55 Å². The van der Waals surface area contributed by atoms with Gasteiger partial charge in [-0.3, -0.25) is 18.0 Å². The largest absolute Gasteiger partial charge is 1.00 e. The zero-order valence-electron chi connectivity index (χ0n) is 17.9. The first-order chi connectivity index (χ1) is 13.1. The van der Waals surface area contributed by atoms with E-state index in [1.165, 1.54) is 6.07 Å². The second-order valence-corrected chi connectivity index (χ2v) is 9.72. The number of ether oxygens (including phenoxy) is 1. The van der Waals surface area contributed by atoms with E-state index in [1.807, 2.05) is 0 Å². The minimum Gasteiger partial charge on any atom is -0.790 e. The van der Waals surface area contributed by atoms with E-state index in [0.717, 1.165) is 10.8 Å². The summed E-state index contributed by atoms with van der Waals surface area (Å²) in [5.74, 6) is -0.104. The normalized spacial score (nSPS) is 25.8. The summed E-state index contributed by atoms with van der Waals surface area (Å²) in [4.78, 5) is 58.4. The molecule has 0 aromatic carbocycles. The van der Waals surface area contributed by atoms with Gasteiger partial charge in [0.2, 0.25) is 0 Å². The Balaban J connectivity index is -0.00000225. The standard InChI is InChI=1S/C9H17N4O13P3.4Li/c10-5-1-2-13(9(15)12-5)8-6(11)7(14)4(24-8)3-23-28(19,20)26-29(21,22)25-27(16,17)18;;;;/h1-2,4,6-8,14H,3,11H2,(H,19,20)(H,21,22)(H2,10,12,15)(H2,16,17,18);;;;/q;4*+1/p-4. The molecular formula is C9H13Li4N4O13P3. The summed E-state index contributed by atoms with van der Waals surface area (Å²) in [6.07, 6.45) is -3.25. The van der Waals surface area contributed by atoms with Crippen LogP contribution < -0.4 is 112 Å². The summed E-state index contributed by atoms with van der Waals surface area (Å²) in [6, 6.07) is -0.0383. The number of aromatic nitrogens is 2. The van der Waals surface area contributed by atoms with Crippen molar-refractivity contribution in [2.45, 2.75) is 24.5 Å². The van der Waals surface area contributed by atoms with Gasteiger partial charge in [-0.15, -0.1) is 0 Å². The average molecular weight is 506 g/mol. The van der Waals surface area contributed by atoms with Crippen molar-refractivity contribution >= 4 is 29.3 Å². The van der Waals surface area contributed by atoms with Crippen LogP contribution in [0.5, 0.6) is 0 Å². The minimum atomic E-state index is -6.13. The Morgan fingerprint density at radius 1 is 1.09 bits per heavy atom. The zero-order chi connectivity index (χ0) is 22.2. The molecular weight excluding hydrogens is 493 g/mol. The molecule has 1 aromatic heterocycles. The second kappa shape index (κ2) is 14.9. The van der Waals surface area contributed by atoms with Crippen molar-refractivity contribution in [2.24, 2.45) is 5.73 Å². The fourth-order valence-corrected chi connectivity index (χ4v) is 5.09. The monoisotopic (exact) mass is 506 g/mol. The average Bonchev–Trinajstić information content (AvgIpc) is 2.78. The van der Waals surface area contributed by atoms with Crippen molar-refractivity contribution in [3.05, 3.63) is 22.7 Å². The number of aliphatic hydroxyl groups is 1. The maximum atomic E-state index is 11.8. The maximum Gasteiger partial charge on any atom is 1.00 e. The van der Waals surface area contributed by atoms with Gasteiger partial charge >= 0.3 is 81.1 Å². The van der Waals surface area contributed by atoms with E-state index in [4.69, 9.17) is 16.2 Å². The summed E-state index contributed by atoms with van der Waals surface area (Å²) in [5, 5.41) is 10.0. The van der Waals surface area contributed by atoms with Crippen molar-refractivity contribution in [1.29, 1.82) is 0 Å². The van der Waals surface area contributed by atoms with Crippen molar-refractivity contribution < 1.29 is 132 Å². The molecule has 1 aromatic rings. The number of nitrogen functional groups attached to an aromatic ring is 1. The van der Waals surface area contributed by atoms with E-state index < -0.39 is 60.2 Å². The third kappa shape index (κ3) is 12.0. The zero-order valence-corrected chi connectivity index (χ0v) is 20.6. The summed E-state index contributed by atoms with van der Waals surface area (Å²) >= 11 is 0. The van der Waals surface area contributed by atoms with Gasteiger partial charge in [-0.05, 0) is 6.07 Å². The molecule has 1 aliphatic heterocycles. The van der Waals surface area contributed by atoms with Crippen LogP contribution >= 0.6 is 23.5 Å². The molecule has 1 aliphatic rings. The summed E-state index contributed by atoms with van der Waals surface area (Å²) in [5.41, 5.74) is 10.2. The predicted octanol–water partition coefficient (Wildman–Crippen LogP) is -16.8. The number of aliphatic hydroxyl groups excluding tert-OH is 1. The molecule has 2 heterocycles. The third-order valence-corrected chi connectivity index (χ3v) is 7.01. The topological polar surface area (TPSA) is 288 Å². The van der Waals surface area contributed by atoms with E-state index >= 15 is 0 Å². The molecule has 0 saturated carbocycles.